The maximum atomic E-state index is 13.2. The SMILES string of the molecule is [C-]#[N+]Cc1c(OC)ccc(F)c1OC. The van der Waals surface area contributed by atoms with Crippen molar-refractivity contribution in [2.24, 2.45) is 0 Å². The topological polar surface area (TPSA) is 22.8 Å². The van der Waals surface area contributed by atoms with Gasteiger partial charge in [-0.15, -0.1) is 0 Å². The predicted molar refractivity (Wildman–Crippen MR) is 49.8 cm³/mol. The smallest absolute Gasteiger partial charge is 0.247 e. The van der Waals surface area contributed by atoms with Crippen molar-refractivity contribution < 1.29 is 13.9 Å². The maximum Gasteiger partial charge on any atom is 0.247 e. The van der Waals surface area contributed by atoms with Crippen LogP contribution in [-0.2, 0) is 6.54 Å². The number of benzene rings is 1. The number of rotatable bonds is 3. The fraction of sp³-hybridized carbons (Fsp3) is 0.300. The first-order chi connectivity index (χ1) is 6.74. The molecule has 0 bridgehead atoms. The van der Waals surface area contributed by atoms with Crippen molar-refractivity contribution in [2.45, 2.75) is 6.54 Å². The lowest BCUT2D eigenvalue weighted by Gasteiger charge is -2.09. The zero-order valence-electron chi connectivity index (χ0n) is 8.00. The van der Waals surface area contributed by atoms with Crippen LogP contribution in [0.25, 0.3) is 4.85 Å². The van der Waals surface area contributed by atoms with E-state index in [1.807, 2.05) is 0 Å². The molecule has 0 aliphatic heterocycles. The van der Waals surface area contributed by atoms with Crippen LogP contribution in [0.5, 0.6) is 11.5 Å². The molecule has 0 spiro atoms. The zero-order chi connectivity index (χ0) is 10.6. The summed E-state index contributed by atoms with van der Waals surface area (Å²) in [4.78, 5) is 3.19. The van der Waals surface area contributed by atoms with Crippen molar-refractivity contribution in [3.05, 3.63) is 34.9 Å². The lowest BCUT2D eigenvalue weighted by atomic mass is 10.1. The van der Waals surface area contributed by atoms with Gasteiger partial charge < -0.3 is 14.3 Å². The van der Waals surface area contributed by atoms with Crippen molar-refractivity contribution in [2.75, 3.05) is 14.2 Å². The molecule has 0 saturated carbocycles. The van der Waals surface area contributed by atoms with E-state index in [9.17, 15) is 4.39 Å². The Hall–Kier alpha value is -1.76. The van der Waals surface area contributed by atoms with Gasteiger partial charge >= 0.3 is 0 Å². The summed E-state index contributed by atoms with van der Waals surface area (Å²) in [5, 5.41) is 0. The number of nitrogens with zero attached hydrogens (tertiary/aromatic N) is 1. The Balaban J connectivity index is 3.29. The molecule has 0 fully saturated rings. The molecule has 0 N–H and O–H groups in total. The minimum absolute atomic E-state index is 0.0457. The normalized spacial score (nSPS) is 9.29. The van der Waals surface area contributed by atoms with Gasteiger partial charge in [0.2, 0.25) is 6.54 Å². The van der Waals surface area contributed by atoms with E-state index < -0.39 is 5.82 Å². The molecule has 1 aromatic carbocycles. The highest BCUT2D eigenvalue weighted by Gasteiger charge is 2.16. The Morgan fingerprint density at radius 2 is 2.07 bits per heavy atom. The van der Waals surface area contributed by atoms with E-state index in [1.54, 1.807) is 0 Å². The van der Waals surface area contributed by atoms with E-state index in [0.29, 0.717) is 11.3 Å². The first-order valence-electron chi connectivity index (χ1n) is 3.97. The second-order valence-electron chi connectivity index (χ2n) is 2.58. The molecule has 0 atom stereocenters. The van der Waals surface area contributed by atoms with Crippen LogP contribution in [0.1, 0.15) is 5.56 Å². The van der Waals surface area contributed by atoms with Gasteiger partial charge in [-0.05, 0) is 12.1 Å². The molecule has 0 saturated heterocycles. The molecule has 1 aromatic rings. The minimum Gasteiger partial charge on any atom is -0.496 e. The third kappa shape index (κ3) is 1.77. The van der Waals surface area contributed by atoms with Gasteiger partial charge in [0.05, 0.1) is 14.2 Å². The first-order valence-corrected chi connectivity index (χ1v) is 3.97. The molecule has 0 radical (unpaired) electrons. The summed E-state index contributed by atoms with van der Waals surface area (Å²) in [6.07, 6.45) is 0. The van der Waals surface area contributed by atoms with Gasteiger partial charge in [-0.2, -0.15) is 0 Å². The van der Waals surface area contributed by atoms with Crippen LogP contribution in [-0.4, -0.2) is 14.2 Å². The molecule has 3 nitrogen and oxygen atoms in total. The molecule has 0 heterocycles. The van der Waals surface area contributed by atoms with Crippen LogP contribution in [0.2, 0.25) is 0 Å². The number of hydrogen-bond acceptors (Lipinski definition) is 2. The molecular formula is C10H10FNO2. The van der Waals surface area contributed by atoms with Crippen LogP contribution in [0.15, 0.2) is 12.1 Å². The Bertz CT molecular complexity index is 371. The van der Waals surface area contributed by atoms with Crippen molar-refractivity contribution in [1.29, 1.82) is 0 Å². The minimum atomic E-state index is -0.480. The molecule has 4 heteroatoms. The average molecular weight is 195 g/mol. The van der Waals surface area contributed by atoms with Crippen molar-refractivity contribution >= 4 is 0 Å². The van der Waals surface area contributed by atoms with Crippen molar-refractivity contribution in [3.8, 4) is 11.5 Å². The summed E-state index contributed by atoms with van der Waals surface area (Å²) in [5.41, 5.74) is 0.449. The third-order valence-electron chi connectivity index (χ3n) is 1.83. The predicted octanol–water partition coefficient (Wildman–Crippen LogP) is 2.26. The van der Waals surface area contributed by atoms with E-state index in [0.717, 1.165) is 0 Å². The Morgan fingerprint density at radius 3 is 2.57 bits per heavy atom. The van der Waals surface area contributed by atoms with E-state index in [-0.39, 0.29) is 12.3 Å². The van der Waals surface area contributed by atoms with Crippen LogP contribution in [0.4, 0.5) is 4.39 Å². The van der Waals surface area contributed by atoms with Gasteiger partial charge in [-0.1, -0.05) is 0 Å². The molecular weight excluding hydrogens is 185 g/mol. The molecule has 0 amide bonds. The second-order valence-corrected chi connectivity index (χ2v) is 2.58. The number of methoxy groups -OCH3 is 2. The molecule has 0 aromatic heterocycles. The largest absolute Gasteiger partial charge is 0.496 e. The summed E-state index contributed by atoms with van der Waals surface area (Å²) in [7, 11) is 2.84. The fourth-order valence-corrected chi connectivity index (χ4v) is 1.22. The van der Waals surface area contributed by atoms with Crippen molar-refractivity contribution in [3.63, 3.8) is 0 Å². The summed E-state index contributed by atoms with van der Waals surface area (Å²) in [6, 6.07) is 2.74. The molecule has 0 aliphatic carbocycles. The quantitative estimate of drug-likeness (QED) is 0.690. The highest BCUT2D eigenvalue weighted by molar-refractivity contribution is 5.46. The average Bonchev–Trinajstić information content (AvgIpc) is 2.19. The van der Waals surface area contributed by atoms with E-state index in [1.165, 1.54) is 26.4 Å². The van der Waals surface area contributed by atoms with Crippen molar-refractivity contribution in [1.82, 2.24) is 0 Å². The Morgan fingerprint density at radius 1 is 1.36 bits per heavy atom. The lowest BCUT2D eigenvalue weighted by Crippen LogP contribution is -1.97. The van der Waals surface area contributed by atoms with Crippen LogP contribution >= 0.6 is 0 Å². The monoisotopic (exact) mass is 195 g/mol. The van der Waals surface area contributed by atoms with E-state index in [2.05, 4.69) is 4.85 Å². The van der Waals surface area contributed by atoms with Gasteiger partial charge in [-0.25, -0.2) is 11.0 Å². The zero-order valence-corrected chi connectivity index (χ0v) is 8.00. The summed E-state index contributed by atoms with van der Waals surface area (Å²) in [5.74, 6) is 0.0755. The van der Waals surface area contributed by atoms with E-state index >= 15 is 0 Å². The molecule has 1 rings (SSSR count). The fourth-order valence-electron chi connectivity index (χ4n) is 1.22. The molecule has 14 heavy (non-hydrogen) atoms. The standard InChI is InChI=1S/C10H10FNO2/c1-12-6-7-9(13-2)5-4-8(11)10(7)14-3/h4-5H,6H2,2-3H3. The Labute approximate surface area is 81.9 Å². The summed E-state index contributed by atoms with van der Waals surface area (Å²) in [6.45, 7) is 6.79. The van der Waals surface area contributed by atoms with Crippen LogP contribution in [0.3, 0.4) is 0 Å². The van der Waals surface area contributed by atoms with Crippen LogP contribution < -0.4 is 9.47 Å². The Kier molecular flexibility index (Phi) is 3.29. The molecule has 0 unspecified atom stereocenters. The molecule has 74 valence electrons. The van der Waals surface area contributed by atoms with Gasteiger partial charge in [0.1, 0.15) is 11.3 Å². The van der Waals surface area contributed by atoms with Gasteiger partial charge in [0.25, 0.3) is 0 Å². The van der Waals surface area contributed by atoms with Crippen LogP contribution in [0, 0.1) is 12.4 Å². The van der Waals surface area contributed by atoms with E-state index in [4.69, 9.17) is 16.0 Å². The summed E-state index contributed by atoms with van der Waals surface area (Å²) < 4.78 is 23.1. The van der Waals surface area contributed by atoms with Gasteiger partial charge in [0.15, 0.2) is 11.6 Å². The van der Waals surface area contributed by atoms with Gasteiger partial charge in [-0.3, -0.25) is 0 Å². The third-order valence-corrected chi connectivity index (χ3v) is 1.83. The highest BCUT2D eigenvalue weighted by atomic mass is 19.1. The molecule has 0 aliphatic rings. The highest BCUT2D eigenvalue weighted by Crippen LogP contribution is 2.31. The maximum absolute atomic E-state index is 13.2. The number of hydrogen-bond donors (Lipinski definition) is 0. The number of ether oxygens (including phenoxy) is 2. The summed E-state index contributed by atoms with van der Waals surface area (Å²) >= 11 is 0. The van der Waals surface area contributed by atoms with Gasteiger partial charge in [0, 0.05) is 0 Å². The second kappa shape index (κ2) is 4.47. The lowest BCUT2D eigenvalue weighted by molar-refractivity contribution is 0.367. The number of halogens is 1. The first kappa shape index (κ1) is 10.3.